The van der Waals surface area contributed by atoms with Crippen molar-refractivity contribution < 1.29 is 9.59 Å². The Hall–Kier alpha value is -4.11. The molecule has 3 amide bonds. The first-order valence-electron chi connectivity index (χ1n) is 9.14. The van der Waals surface area contributed by atoms with Crippen molar-refractivity contribution in [2.24, 2.45) is 0 Å². The number of anilines is 3. The quantitative estimate of drug-likeness (QED) is 0.571. The third-order valence-electron chi connectivity index (χ3n) is 4.16. The van der Waals surface area contributed by atoms with Crippen LogP contribution in [-0.2, 0) is 11.2 Å². The zero-order valence-corrected chi connectivity index (χ0v) is 15.7. The molecule has 0 aliphatic carbocycles. The van der Waals surface area contributed by atoms with Crippen LogP contribution >= 0.6 is 0 Å². The van der Waals surface area contributed by atoms with Crippen LogP contribution in [0.25, 0.3) is 0 Å². The summed E-state index contributed by atoms with van der Waals surface area (Å²) in [5.41, 5.74) is 3.46. The van der Waals surface area contributed by atoms with Crippen LogP contribution in [0.1, 0.15) is 17.5 Å². The molecule has 29 heavy (non-hydrogen) atoms. The Balaban J connectivity index is 1.51. The Bertz CT molecular complexity index is 1020. The lowest BCUT2D eigenvalue weighted by Gasteiger charge is -2.10. The van der Waals surface area contributed by atoms with Crippen molar-refractivity contribution in [2.45, 2.75) is 12.8 Å². The van der Waals surface area contributed by atoms with Gasteiger partial charge < -0.3 is 16.0 Å². The Labute approximate surface area is 169 Å². The number of hydrogen-bond donors (Lipinski definition) is 3. The van der Waals surface area contributed by atoms with Gasteiger partial charge in [0, 0.05) is 23.5 Å². The topological polar surface area (TPSA) is 94.0 Å². The third kappa shape index (κ3) is 6.22. The lowest BCUT2D eigenvalue weighted by atomic mass is 10.1. The number of nitriles is 1. The van der Waals surface area contributed by atoms with E-state index in [1.807, 2.05) is 30.3 Å². The molecule has 0 atom stereocenters. The van der Waals surface area contributed by atoms with Crippen molar-refractivity contribution in [1.29, 1.82) is 5.26 Å². The minimum Gasteiger partial charge on any atom is -0.326 e. The zero-order chi connectivity index (χ0) is 20.5. The molecular weight excluding hydrogens is 364 g/mol. The number of carbonyl (C=O) groups is 2. The molecule has 3 aromatic carbocycles. The van der Waals surface area contributed by atoms with Gasteiger partial charge in [0.05, 0.1) is 11.6 Å². The maximum absolute atomic E-state index is 12.2. The summed E-state index contributed by atoms with van der Waals surface area (Å²) in [5, 5.41) is 17.1. The number of benzene rings is 3. The molecule has 0 aromatic heterocycles. The molecule has 3 aromatic rings. The average molecular weight is 384 g/mol. The molecule has 6 heteroatoms. The SMILES string of the molecule is N#Cc1ccc(CCC(=O)Nc2cccc(NC(=O)Nc3ccccc3)c2)cc1. The second kappa shape index (κ2) is 9.72. The number of amides is 3. The normalized spacial score (nSPS) is 9.90. The summed E-state index contributed by atoms with van der Waals surface area (Å²) in [7, 11) is 0. The van der Waals surface area contributed by atoms with Gasteiger partial charge in [0.2, 0.25) is 5.91 Å². The number of hydrogen-bond acceptors (Lipinski definition) is 3. The van der Waals surface area contributed by atoms with Crippen LogP contribution in [-0.4, -0.2) is 11.9 Å². The van der Waals surface area contributed by atoms with Gasteiger partial charge in [-0.2, -0.15) is 5.26 Å². The molecule has 144 valence electrons. The molecule has 0 fully saturated rings. The maximum Gasteiger partial charge on any atom is 0.323 e. The van der Waals surface area contributed by atoms with Crippen LogP contribution in [0.4, 0.5) is 21.9 Å². The fourth-order valence-corrected chi connectivity index (χ4v) is 2.72. The number of nitrogens with zero attached hydrogens (tertiary/aromatic N) is 1. The summed E-state index contributed by atoms with van der Waals surface area (Å²) >= 11 is 0. The number of para-hydroxylation sites is 1. The van der Waals surface area contributed by atoms with Crippen molar-refractivity contribution in [3.8, 4) is 6.07 Å². The fraction of sp³-hybridized carbons (Fsp3) is 0.0870. The number of aryl methyl sites for hydroxylation is 1. The molecule has 0 heterocycles. The molecule has 3 rings (SSSR count). The van der Waals surface area contributed by atoms with Crippen LogP contribution < -0.4 is 16.0 Å². The molecular formula is C23H20N4O2. The third-order valence-corrected chi connectivity index (χ3v) is 4.16. The Morgan fingerprint density at radius 1 is 0.759 bits per heavy atom. The van der Waals surface area contributed by atoms with E-state index < -0.39 is 0 Å². The molecule has 0 unspecified atom stereocenters. The summed E-state index contributed by atoms with van der Waals surface area (Å²) in [4.78, 5) is 24.3. The first-order valence-corrected chi connectivity index (χ1v) is 9.14. The van der Waals surface area contributed by atoms with E-state index in [0.29, 0.717) is 35.5 Å². The first-order chi connectivity index (χ1) is 14.1. The fourth-order valence-electron chi connectivity index (χ4n) is 2.72. The van der Waals surface area contributed by atoms with E-state index >= 15 is 0 Å². The van der Waals surface area contributed by atoms with E-state index in [0.717, 1.165) is 5.56 Å². The van der Waals surface area contributed by atoms with Crippen LogP contribution in [0.15, 0.2) is 78.9 Å². The number of carbonyl (C=O) groups excluding carboxylic acids is 2. The summed E-state index contributed by atoms with van der Waals surface area (Å²) < 4.78 is 0. The predicted molar refractivity (Wildman–Crippen MR) is 114 cm³/mol. The van der Waals surface area contributed by atoms with Gasteiger partial charge in [-0.3, -0.25) is 4.79 Å². The lowest BCUT2D eigenvalue weighted by Crippen LogP contribution is -2.19. The lowest BCUT2D eigenvalue weighted by molar-refractivity contribution is -0.116. The Kier molecular flexibility index (Phi) is 6.58. The minimum atomic E-state index is -0.361. The van der Waals surface area contributed by atoms with Gasteiger partial charge in [0.15, 0.2) is 0 Å². The Morgan fingerprint density at radius 3 is 2.07 bits per heavy atom. The van der Waals surface area contributed by atoms with E-state index in [4.69, 9.17) is 5.26 Å². The van der Waals surface area contributed by atoms with Crippen molar-refractivity contribution in [2.75, 3.05) is 16.0 Å². The monoisotopic (exact) mass is 384 g/mol. The first kappa shape index (κ1) is 19.6. The van der Waals surface area contributed by atoms with Crippen LogP contribution in [0.5, 0.6) is 0 Å². The number of rotatable bonds is 6. The van der Waals surface area contributed by atoms with Gasteiger partial charge in [0.25, 0.3) is 0 Å². The summed E-state index contributed by atoms with van der Waals surface area (Å²) in [6.07, 6.45) is 0.896. The highest BCUT2D eigenvalue weighted by Crippen LogP contribution is 2.16. The van der Waals surface area contributed by atoms with E-state index in [1.54, 1.807) is 48.5 Å². The van der Waals surface area contributed by atoms with E-state index in [2.05, 4.69) is 22.0 Å². The number of urea groups is 1. The maximum atomic E-state index is 12.2. The van der Waals surface area contributed by atoms with Gasteiger partial charge in [-0.25, -0.2) is 4.79 Å². The summed E-state index contributed by atoms with van der Waals surface area (Å²) in [6, 6.07) is 25.0. The molecule has 6 nitrogen and oxygen atoms in total. The molecule has 0 spiro atoms. The minimum absolute atomic E-state index is 0.125. The highest BCUT2D eigenvalue weighted by atomic mass is 16.2. The Morgan fingerprint density at radius 2 is 1.38 bits per heavy atom. The van der Waals surface area contributed by atoms with E-state index in [-0.39, 0.29) is 11.9 Å². The van der Waals surface area contributed by atoms with Crippen LogP contribution in [0.3, 0.4) is 0 Å². The number of nitrogens with one attached hydrogen (secondary N) is 3. The second-order valence-electron chi connectivity index (χ2n) is 6.38. The van der Waals surface area contributed by atoms with Gasteiger partial charge in [0.1, 0.15) is 0 Å². The summed E-state index contributed by atoms with van der Waals surface area (Å²) in [5.74, 6) is -0.125. The van der Waals surface area contributed by atoms with Gasteiger partial charge in [-0.15, -0.1) is 0 Å². The average Bonchev–Trinajstić information content (AvgIpc) is 2.73. The largest absolute Gasteiger partial charge is 0.326 e. The van der Waals surface area contributed by atoms with Crippen molar-refractivity contribution >= 4 is 29.0 Å². The summed E-state index contributed by atoms with van der Waals surface area (Å²) in [6.45, 7) is 0. The van der Waals surface area contributed by atoms with Crippen molar-refractivity contribution in [1.82, 2.24) is 0 Å². The van der Waals surface area contributed by atoms with Gasteiger partial charge in [-0.05, 0) is 54.4 Å². The molecule has 0 aliphatic heterocycles. The predicted octanol–water partition coefficient (Wildman–Crippen LogP) is 4.77. The standard InChI is InChI=1S/C23H20N4O2/c24-16-18-11-9-17(10-12-18)13-14-22(28)25-20-7-4-8-21(15-20)27-23(29)26-19-5-2-1-3-6-19/h1-12,15H,13-14H2,(H,25,28)(H2,26,27,29). The van der Waals surface area contributed by atoms with Gasteiger partial charge >= 0.3 is 6.03 Å². The molecule has 0 bridgehead atoms. The second-order valence-corrected chi connectivity index (χ2v) is 6.38. The van der Waals surface area contributed by atoms with Crippen molar-refractivity contribution in [3.63, 3.8) is 0 Å². The molecule has 0 radical (unpaired) electrons. The van der Waals surface area contributed by atoms with E-state index in [1.165, 1.54) is 0 Å². The smallest absolute Gasteiger partial charge is 0.323 e. The highest BCUT2D eigenvalue weighted by molar-refractivity contribution is 6.00. The zero-order valence-electron chi connectivity index (χ0n) is 15.7. The van der Waals surface area contributed by atoms with Crippen molar-refractivity contribution in [3.05, 3.63) is 90.0 Å². The molecule has 0 saturated carbocycles. The van der Waals surface area contributed by atoms with Crippen LogP contribution in [0.2, 0.25) is 0 Å². The molecule has 3 N–H and O–H groups in total. The highest BCUT2D eigenvalue weighted by Gasteiger charge is 2.06. The van der Waals surface area contributed by atoms with E-state index in [9.17, 15) is 9.59 Å². The van der Waals surface area contributed by atoms with Gasteiger partial charge in [-0.1, -0.05) is 36.4 Å². The molecule has 0 saturated heterocycles. The molecule has 0 aliphatic rings. The van der Waals surface area contributed by atoms with Crippen LogP contribution in [0, 0.1) is 11.3 Å².